The number of halogens is 1. The molecule has 0 aliphatic carbocycles. The van der Waals surface area contributed by atoms with Crippen LogP contribution < -0.4 is 20.3 Å². The van der Waals surface area contributed by atoms with Gasteiger partial charge in [-0.3, -0.25) is 19.7 Å². The van der Waals surface area contributed by atoms with Gasteiger partial charge in [0.1, 0.15) is 11.3 Å². The third-order valence-corrected chi connectivity index (χ3v) is 6.43. The number of nitrogens with one attached hydrogen (secondary N) is 2. The molecule has 1 saturated heterocycles. The van der Waals surface area contributed by atoms with Gasteiger partial charge in [-0.15, -0.1) is 0 Å². The fourth-order valence-electron chi connectivity index (χ4n) is 3.93. The number of ether oxygens (including phenoxy) is 1. The van der Waals surface area contributed by atoms with Crippen molar-refractivity contribution in [3.63, 3.8) is 0 Å². The zero-order chi connectivity index (χ0) is 27.6. The highest BCUT2D eigenvalue weighted by Gasteiger charge is 2.36. The van der Waals surface area contributed by atoms with E-state index in [9.17, 15) is 19.2 Å². The van der Waals surface area contributed by atoms with Gasteiger partial charge in [0.25, 0.3) is 17.7 Å². The lowest BCUT2D eigenvalue weighted by atomic mass is 10.0. The van der Waals surface area contributed by atoms with Crippen molar-refractivity contribution in [1.29, 1.82) is 0 Å². The molecular weight excluding hydrogens is 506 g/mol. The minimum atomic E-state index is -0.818. The van der Waals surface area contributed by atoms with Gasteiger partial charge in [0.2, 0.25) is 0 Å². The lowest BCUT2D eigenvalue weighted by Crippen LogP contribution is -2.54. The number of benzene rings is 3. The highest BCUT2D eigenvalue weighted by molar-refractivity contribution is 6.39. The van der Waals surface area contributed by atoms with Crippen LogP contribution in [0, 0.1) is 27.7 Å². The Labute approximate surface area is 225 Å². The van der Waals surface area contributed by atoms with Crippen LogP contribution in [0.5, 0.6) is 5.75 Å². The summed E-state index contributed by atoms with van der Waals surface area (Å²) in [5.74, 6) is -1.64. The van der Waals surface area contributed by atoms with Crippen molar-refractivity contribution in [1.82, 2.24) is 5.32 Å². The first-order valence-corrected chi connectivity index (χ1v) is 12.2. The van der Waals surface area contributed by atoms with Crippen molar-refractivity contribution >= 4 is 52.8 Å². The quantitative estimate of drug-likeness (QED) is 0.333. The SMILES string of the molecule is Cc1ccc(NC(=O)COc2ccc(/C=C3/C(=O)NC(=O)N(c4ccc(C)c(C)c4)C3=O)cc2Cl)c(C)c1. The second-order valence-corrected chi connectivity index (χ2v) is 9.48. The predicted octanol–water partition coefficient (Wildman–Crippen LogP) is 5.26. The Hall–Kier alpha value is -4.43. The first kappa shape index (κ1) is 26.6. The molecule has 9 heteroatoms. The van der Waals surface area contributed by atoms with Crippen LogP contribution in [0.2, 0.25) is 5.02 Å². The van der Waals surface area contributed by atoms with Crippen molar-refractivity contribution < 1.29 is 23.9 Å². The van der Waals surface area contributed by atoms with Gasteiger partial charge in [-0.05, 0) is 86.4 Å². The average molecular weight is 532 g/mol. The number of nitrogens with zero attached hydrogens (tertiary/aromatic N) is 1. The van der Waals surface area contributed by atoms with E-state index >= 15 is 0 Å². The Kier molecular flexibility index (Phi) is 7.64. The molecule has 0 radical (unpaired) electrons. The van der Waals surface area contributed by atoms with Crippen molar-refractivity contribution in [3.8, 4) is 5.75 Å². The zero-order valence-electron chi connectivity index (χ0n) is 21.3. The summed E-state index contributed by atoms with van der Waals surface area (Å²) in [6.07, 6.45) is 1.35. The minimum absolute atomic E-state index is 0.185. The molecule has 1 aliphatic heterocycles. The van der Waals surface area contributed by atoms with Crippen molar-refractivity contribution in [2.75, 3.05) is 16.8 Å². The number of hydrogen-bond acceptors (Lipinski definition) is 5. The molecule has 0 spiro atoms. The van der Waals surface area contributed by atoms with Gasteiger partial charge in [-0.25, -0.2) is 9.69 Å². The van der Waals surface area contributed by atoms with E-state index in [2.05, 4.69) is 10.6 Å². The lowest BCUT2D eigenvalue weighted by Gasteiger charge is -2.26. The van der Waals surface area contributed by atoms with Gasteiger partial charge in [0, 0.05) is 5.69 Å². The summed E-state index contributed by atoms with van der Waals surface area (Å²) in [6.45, 7) is 7.40. The van der Waals surface area contributed by atoms with E-state index in [1.54, 1.807) is 24.3 Å². The number of aryl methyl sites for hydroxylation is 4. The fraction of sp³-hybridized carbons (Fsp3) is 0.172. The number of barbiturate groups is 1. The first-order chi connectivity index (χ1) is 18.0. The minimum Gasteiger partial charge on any atom is -0.482 e. The Morgan fingerprint density at radius 1 is 0.947 bits per heavy atom. The number of carbonyl (C=O) groups is 4. The maximum Gasteiger partial charge on any atom is 0.335 e. The molecule has 194 valence electrons. The van der Waals surface area contributed by atoms with Crippen LogP contribution in [0.25, 0.3) is 6.08 Å². The molecule has 3 aromatic rings. The van der Waals surface area contributed by atoms with Crippen LogP contribution >= 0.6 is 11.6 Å². The average Bonchev–Trinajstić information content (AvgIpc) is 2.85. The number of amides is 5. The molecule has 5 amide bonds. The molecule has 0 bridgehead atoms. The van der Waals surface area contributed by atoms with Crippen LogP contribution in [-0.4, -0.2) is 30.4 Å². The molecule has 8 nitrogen and oxygen atoms in total. The van der Waals surface area contributed by atoms with Gasteiger partial charge in [-0.1, -0.05) is 41.4 Å². The summed E-state index contributed by atoms with van der Waals surface area (Å²) >= 11 is 6.35. The van der Waals surface area contributed by atoms with E-state index in [4.69, 9.17) is 16.3 Å². The molecule has 1 heterocycles. The topological polar surface area (TPSA) is 105 Å². The number of anilines is 2. The van der Waals surface area contributed by atoms with Crippen molar-refractivity contribution in [2.45, 2.75) is 27.7 Å². The Morgan fingerprint density at radius 3 is 2.39 bits per heavy atom. The molecule has 1 fully saturated rings. The summed E-state index contributed by atoms with van der Waals surface area (Å²) in [4.78, 5) is 51.4. The van der Waals surface area contributed by atoms with Crippen LogP contribution in [-0.2, 0) is 14.4 Å². The smallest absolute Gasteiger partial charge is 0.335 e. The fourth-order valence-corrected chi connectivity index (χ4v) is 4.17. The molecule has 0 aromatic heterocycles. The second kappa shape index (κ2) is 10.9. The van der Waals surface area contributed by atoms with E-state index in [1.165, 1.54) is 18.2 Å². The Balaban J connectivity index is 1.48. The lowest BCUT2D eigenvalue weighted by molar-refractivity contribution is -0.122. The monoisotopic (exact) mass is 531 g/mol. The molecule has 1 aliphatic rings. The van der Waals surface area contributed by atoms with Crippen molar-refractivity contribution in [2.24, 2.45) is 0 Å². The number of carbonyl (C=O) groups excluding carboxylic acids is 4. The maximum absolute atomic E-state index is 13.1. The summed E-state index contributed by atoms with van der Waals surface area (Å²) < 4.78 is 5.57. The van der Waals surface area contributed by atoms with Crippen molar-refractivity contribution in [3.05, 3.63) is 93.0 Å². The third-order valence-electron chi connectivity index (χ3n) is 6.13. The molecule has 0 atom stereocenters. The molecule has 4 rings (SSSR count). The summed E-state index contributed by atoms with van der Waals surface area (Å²) in [6, 6.07) is 14.7. The second-order valence-electron chi connectivity index (χ2n) is 9.07. The molecule has 0 unspecified atom stereocenters. The number of imide groups is 2. The number of rotatable bonds is 6. The summed E-state index contributed by atoms with van der Waals surface area (Å²) in [7, 11) is 0. The summed E-state index contributed by atoms with van der Waals surface area (Å²) in [5.41, 5.74) is 5.20. The molecule has 38 heavy (non-hydrogen) atoms. The largest absolute Gasteiger partial charge is 0.482 e. The van der Waals surface area contributed by atoms with Crippen LogP contribution in [0.4, 0.5) is 16.2 Å². The van der Waals surface area contributed by atoms with Gasteiger partial charge >= 0.3 is 6.03 Å². The predicted molar refractivity (Wildman–Crippen MR) is 146 cm³/mol. The van der Waals surface area contributed by atoms with E-state index in [1.807, 2.05) is 45.9 Å². The highest BCUT2D eigenvalue weighted by atomic mass is 35.5. The normalized spacial score (nSPS) is 14.5. The van der Waals surface area contributed by atoms with Gasteiger partial charge < -0.3 is 10.1 Å². The molecule has 2 N–H and O–H groups in total. The van der Waals surface area contributed by atoms with E-state index in [0.717, 1.165) is 27.2 Å². The third kappa shape index (κ3) is 5.76. The number of hydrogen-bond donors (Lipinski definition) is 2. The maximum atomic E-state index is 13.1. The van der Waals surface area contributed by atoms with Gasteiger partial charge in [0.05, 0.1) is 10.7 Å². The molecule has 3 aromatic carbocycles. The van der Waals surface area contributed by atoms with E-state index < -0.39 is 17.8 Å². The standard InChI is InChI=1S/C29H26ClN3O5/c1-16-5-9-24(19(4)11-16)31-26(34)15-38-25-10-7-20(14-23(25)30)13-22-27(35)32-29(37)33(28(22)36)21-8-6-17(2)18(3)12-21/h5-14H,15H2,1-4H3,(H,31,34)(H,32,35,37)/b22-13-. The highest BCUT2D eigenvalue weighted by Crippen LogP contribution is 2.28. The van der Waals surface area contributed by atoms with E-state index in [0.29, 0.717) is 16.9 Å². The zero-order valence-corrected chi connectivity index (χ0v) is 22.1. The van der Waals surface area contributed by atoms with Gasteiger partial charge in [-0.2, -0.15) is 0 Å². The van der Waals surface area contributed by atoms with Crippen LogP contribution in [0.1, 0.15) is 27.8 Å². The Bertz CT molecular complexity index is 1510. The van der Waals surface area contributed by atoms with Crippen LogP contribution in [0.3, 0.4) is 0 Å². The van der Waals surface area contributed by atoms with Crippen LogP contribution in [0.15, 0.2) is 60.2 Å². The molecular formula is C29H26ClN3O5. The summed E-state index contributed by atoms with van der Waals surface area (Å²) in [5, 5.41) is 5.19. The Morgan fingerprint density at radius 2 is 1.71 bits per heavy atom. The van der Waals surface area contributed by atoms with Gasteiger partial charge in [0.15, 0.2) is 6.61 Å². The first-order valence-electron chi connectivity index (χ1n) is 11.8. The number of urea groups is 1. The van der Waals surface area contributed by atoms with E-state index in [-0.39, 0.29) is 28.9 Å². The molecule has 0 saturated carbocycles.